The highest BCUT2D eigenvalue weighted by Gasteiger charge is 2.41. The first-order chi connectivity index (χ1) is 11.4. The number of primary amides is 1. The molecule has 24 heavy (non-hydrogen) atoms. The van der Waals surface area contributed by atoms with Crippen LogP contribution in [-0.4, -0.2) is 62.9 Å². The van der Waals surface area contributed by atoms with E-state index in [9.17, 15) is 13.2 Å². The lowest BCUT2D eigenvalue weighted by Gasteiger charge is -2.46. The Hall–Kier alpha value is -1.64. The molecule has 0 bridgehead atoms. The van der Waals surface area contributed by atoms with Crippen LogP contribution in [0.4, 0.5) is 0 Å². The normalized spacial score (nSPS) is 21.4. The number of likely N-dealkylation sites (tertiary alicyclic amines) is 1. The highest BCUT2D eigenvalue weighted by Crippen LogP contribution is 2.31. The van der Waals surface area contributed by atoms with Crippen molar-refractivity contribution in [3.63, 3.8) is 0 Å². The van der Waals surface area contributed by atoms with Crippen molar-refractivity contribution < 1.29 is 17.9 Å². The first kappa shape index (κ1) is 17.2. The molecule has 1 aromatic carbocycles. The summed E-state index contributed by atoms with van der Waals surface area (Å²) in [4.78, 5) is 13.7. The van der Waals surface area contributed by atoms with Crippen molar-refractivity contribution in [3.8, 4) is 5.75 Å². The van der Waals surface area contributed by atoms with Crippen LogP contribution in [0.15, 0.2) is 29.2 Å². The van der Waals surface area contributed by atoms with Gasteiger partial charge in [0.1, 0.15) is 10.6 Å². The van der Waals surface area contributed by atoms with E-state index in [4.69, 9.17) is 10.5 Å². The number of hydrogen-bond acceptors (Lipinski definition) is 5. The third kappa shape index (κ3) is 3.13. The number of nitrogens with two attached hydrogens (primary N) is 1. The number of carbonyl (C=O) groups is 1. The molecular weight excluding hydrogens is 330 g/mol. The van der Waals surface area contributed by atoms with Gasteiger partial charge in [0.2, 0.25) is 15.9 Å². The Kier molecular flexibility index (Phi) is 4.80. The van der Waals surface area contributed by atoms with Crippen molar-refractivity contribution in [3.05, 3.63) is 24.3 Å². The average Bonchev–Trinajstić information content (AvgIpc) is 2.53. The van der Waals surface area contributed by atoms with Crippen molar-refractivity contribution in [2.45, 2.75) is 23.8 Å². The number of ether oxygens (including phenoxy) is 1. The first-order valence-electron chi connectivity index (χ1n) is 8.10. The predicted molar refractivity (Wildman–Crippen MR) is 89.0 cm³/mol. The van der Waals surface area contributed by atoms with Gasteiger partial charge in [-0.15, -0.1) is 0 Å². The quantitative estimate of drug-likeness (QED) is 0.820. The summed E-state index contributed by atoms with van der Waals surface area (Å²) in [6.45, 7) is 2.53. The van der Waals surface area contributed by atoms with Crippen LogP contribution in [-0.2, 0) is 14.8 Å². The van der Waals surface area contributed by atoms with Crippen molar-refractivity contribution in [2.24, 2.45) is 11.7 Å². The molecule has 0 atom stereocenters. The summed E-state index contributed by atoms with van der Waals surface area (Å²) in [7, 11) is -2.06. The summed E-state index contributed by atoms with van der Waals surface area (Å²) in [5, 5.41) is 0. The molecule has 0 saturated carbocycles. The molecule has 8 heteroatoms. The molecule has 2 aliphatic rings. The van der Waals surface area contributed by atoms with Crippen molar-refractivity contribution in [1.82, 2.24) is 9.21 Å². The van der Waals surface area contributed by atoms with E-state index in [0.717, 1.165) is 25.9 Å². The average molecular weight is 353 g/mol. The van der Waals surface area contributed by atoms with Gasteiger partial charge < -0.3 is 10.5 Å². The number of nitrogens with zero attached hydrogens (tertiary/aromatic N) is 2. The van der Waals surface area contributed by atoms with Gasteiger partial charge in [-0.25, -0.2) is 8.42 Å². The lowest BCUT2D eigenvalue weighted by Crippen LogP contribution is -2.62. The molecule has 1 amide bonds. The molecule has 0 aliphatic carbocycles. The van der Waals surface area contributed by atoms with Gasteiger partial charge >= 0.3 is 0 Å². The zero-order valence-corrected chi connectivity index (χ0v) is 14.5. The van der Waals surface area contributed by atoms with Crippen molar-refractivity contribution in [2.75, 3.05) is 33.3 Å². The summed E-state index contributed by atoms with van der Waals surface area (Å²) >= 11 is 0. The Labute approximate surface area is 142 Å². The summed E-state index contributed by atoms with van der Waals surface area (Å²) < 4.78 is 32.1. The van der Waals surface area contributed by atoms with E-state index in [2.05, 4.69) is 4.90 Å². The summed E-state index contributed by atoms with van der Waals surface area (Å²) in [5.41, 5.74) is 5.35. The maximum absolute atomic E-state index is 12.7. The van der Waals surface area contributed by atoms with E-state index in [1.54, 1.807) is 24.3 Å². The minimum atomic E-state index is -3.53. The molecule has 0 radical (unpaired) electrons. The molecular formula is C16H23N3O4S. The lowest BCUT2D eigenvalue weighted by molar-refractivity contribution is -0.123. The predicted octanol–water partition coefficient (Wildman–Crippen LogP) is 0.265. The van der Waals surface area contributed by atoms with E-state index in [-0.39, 0.29) is 22.8 Å². The second kappa shape index (κ2) is 6.70. The topological polar surface area (TPSA) is 92.9 Å². The molecule has 2 saturated heterocycles. The van der Waals surface area contributed by atoms with Gasteiger partial charge in [0.05, 0.1) is 7.11 Å². The molecule has 7 nitrogen and oxygen atoms in total. The minimum Gasteiger partial charge on any atom is -0.495 e. The summed E-state index contributed by atoms with van der Waals surface area (Å²) in [5.74, 6) is 0.0848. The first-order valence-corrected chi connectivity index (χ1v) is 9.54. The summed E-state index contributed by atoms with van der Waals surface area (Å²) in [6.07, 6.45) is 1.51. The molecule has 2 N–H and O–H groups in total. The van der Waals surface area contributed by atoms with Crippen LogP contribution in [0.5, 0.6) is 5.75 Å². The van der Waals surface area contributed by atoms with E-state index < -0.39 is 10.0 Å². The Bertz CT molecular complexity index is 708. The van der Waals surface area contributed by atoms with Crippen molar-refractivity contribution >= 4 is 15.9 Å². The Morgan fingerprint density at radius 2 is 1.83 bits per heavy atom. The van der Waals surface area contributed by atoms with Gasteiger partial charge in [0, 0.05) is 25.0 Å². The molecule has 1 aromatic rings. The number of para-hydroxylation sites is 1. The van der Waals surface area contributed by atoms with Crippen LogP contribution in [0.3, 0.4) is 0 Å². The van der Waals surface area contributed by atoms with Crippen LogP contribution >= 0.6 is 0 Å². The van der Waals surface area contributed by atoms with Crippen LogP contribution < -0.4 is 10.5 Å². The van der Waals surface area contributed by atoms with Gasteiger partial charge in [0.15, 0.2) is 0 Å². The molecule has 3 rings (SSSR count). The highest BCUT2D eigenvalue weighted by molar-refractivity contribution is 7.89. The Morgan fingerprint density at radius 1 is 1.21 bits per heavy atom. The fourth-order valence-corrected chi connectivity index (χ4v) is 5.03. The van der Waals surface area contributed by atoms with Crippen LogP contribution in [0.1, 0.15) is 12.8 Å². The maximum atomic E-state index is 12.7. The third-order valence-corrected chi connectivity index (χ3v) is 6.84. The summed E-state index contributed by atoms with van der Waals surface area (Å²) in [6, 6.07) is 6.88. The number of sulfonamides is 1. The van der Waals surface area contributed by atoms with Crippen LogP contribution in [0.25, 0.3) is 0 Å². The largest absolute Gasteiger partial charge is 0.495 e. The lowest BCUT2D eigenvalue weighted by atomic mass is 9.94. The smallest absolute Gasteiger partial charge is 0.246 e. The van der Waals surface area contributed by atoms with E-state index in [1.165, 1.54) is 11.4 Å². The van der Waals surface area contributed by atoms with Gasteiger partial charge in [-0.3, -0.25) is 9.69 Å². The second-order valence-electron chi connectivity index (χ2n) is 6.34. The molecule has 2 aliphatic heterocycles. The number of hydrogen-bond donors (Lipinski definition) is 1. The Morgan fingerprint density at radius 3 is 2.42 bits per heavy atom. The molecule has 2 heterocycles. The fourth-order valence-electron chi connectivity index (χ4n) is 3.36. The number of carbonyl (C=O) groups excluding carboxylic acids is 1. The number of methoxy groups -OCH3 is 1. The zero-order valence-electron chi connectivity index (χ0n) is 13.7. The van der Waals surface area contributed by atoms with E-state index >= 15 is 0 Å². The minimum absolute atomic E-state index is 0.0465. The molecule has 0 unspecified atom stereocenters. The van der Waals surface area contributed by atoms with E-state index in [1.807, 2.05) is 0 Å². The molecule has 0 spiro atoms. The van der Waals surface area contributed by atoms with Gasteiger partial charge in [0.25, 0.3) is 0 Å². The molecule has 132 valence electrons. The van der Waals surface area contributed by atoms with Crippen LogP contribution in [0, 0.1) is 5.92 Å². The number of benzene rings is 1. The second-order valence-corrected chi connectivity index (χ2v) is 8.25. The third-order valence-electron chi connectivity index (χ3n) is 4.96. The maximum Gasteiger partial charge on any atom is 0.246 e. The zero-order chi connectivity index (χ0) is 17.3. The van der Waals surface area contributed by atoms with Crippen LogP contribution in [0.2, 0.25) is 0 Å². The van der Waals surface area contributed by atoms with Gasteiger partial charge in [-0.1, -0.05) is 12.1 Å². The highest BCUT2D eigenvalue weighted by atomic mass is 32.2. The SMILES string of the molecule is COc1ccccc1S(=O)(=O)N1CC(N2CCC(C(N)=O)CC2)C1. The van der Waals surface area contributed by atoms with Crippen molar-refractivity contribution in [1.29, 1.82) is 0 Å². The standard InChI is InChI=1S/C16H23N3O4S/c1-23-14-4-2-3-5-15(14)24(21,22)19-10-13(11-19)18-8-6-12(7-9-18)16(17)20/h2-5,12-13H,6-11H2,1H3,(H2,17,20). The number of rotatable bonds is 5. The molecule has 2 fully saturated rings. The molecule has 0 aromatic heterocycles. The van der Waals surface area contributed by atoms with E-state index in [0.29, 0.717) is 18.8 Å². The monoisotopic (exact) mass is 353 g/mol. The fraction of sp³-hybridized carbons (Fsp3) is 0.562. The number of piperidine rings is 1. The Balaban J connectivity index is 1.61. The van der Waals surface area contributed by atoms with Gasteiger partial charge in [-0.2, -0.15) is 4.31 Å². The van der Waals surface area contributed by atoms with Gasteiger partial charge in [-0.05, 0) is 38.1 Å². The number of amides is 1.